The van der Waals surface area contributed by atoms with Gasteiger partial charge in [0.05, 0.1) is 5.25 Å². The van der Waals surface area contributed by atoms with Gasteiger partial charge in [-0.25, -0.2) is 0 Å². The zero-order valence-corrected chi connectivity index (χ0v) is 14.6. The van der Waals surface area contributed by atoms with Crippen molar-refractivity contribution in [3.05, 3.63) is 47.5 Å². The maximum Gasteiger partial charge on any atom is 0.206 e. The highest BCUT2D eigenvalue weighted by Gasteiger charge is 2.20. The molecule has 0 amide bonds. The number of hydrogen-bond donors (Lipinski definition) is 1. The van der Waals surface area contributed by atoms with Gasteiger partial charge in [-0.3, -0.25) is 4.79 Å². The molecule has 2 aromatic rings. The predicted molar refractivity (Wildman–Crippen MR) is 94.2 cm³/mol. The van der Waals surface area contributed by atoms with Crippen molar-refractivity contribution in [3.63, 3.8) is 0 Å². The Labute approximate surface area is 139 Å². The number of rotatable bonds is 7. The molecule has 2 rings (SSSR count). The molecule has 0 aliphatic rings. The van der Waals surface area contributed by atoms with Crippen molar-refractivity contribution in [1.29, 1.82) is 0 Å². The van der Waals surface area contributed by atoms with Crippen molar-refractivity contribution in [3.8, 4) is 0 Å². The number of benzene rings is 1. The van der Waals surface area contributed by atoms with E-state index in [1.807, 2.05) is 39.0 Å². The summed E-state index contributed by atoms with van der Waals surface area (Å²) in [5, 5.41) is 11.8. The van der Waals surface area contributed by atoms with Gasteiger partial charge < -0.3 is 5.32 Å². The van der Waals surface area contributed by atoms with E-state index in [0.29, 0.717) is 6.54 Å². The lowest BCUT2D eigenvalue weighted by Gasteiger charge is -2.11. The zero-order chi connectivity index (χ0) is 16.1. The molecule has 1 atom stereocenters. The number of carbonyl (C=O) groups excluding carboxylic acids is 1. The van der Waals surface area contributed by atoms with Gasteiger partial charge in [-0.1, -0.05) is 46.9 Å². The first-order valence-electron chi connectivity index (χ1n) is 6.97. The van der Waals surface area contributed by atoms with Gasteiger partial charge in [-0.2, -0.15) is 0 Å². The molecule has 0 saturated heterocycles. The Morgan fingerprint density at radius 2 is 2.23 bits per heavy atom. The lowest BCUT2D eigenvalue weighted by atomic mass is 10.0. The van der Waals surface area contributed by atoms with Crippen LogP contribution in [-0.2, 0) is 0 Å². The molecule has 116 valence electrons. The van der Waals surface area contributed by atoms with E-state index in [1.54, 1.807) is 6.08 Å². The average Bonchev–Trinajstić information content (AvgIpc) is 2.94. The van der Waals surface area contributed by atoms with Gasteiger partial charge in [-0.05, 0) is 32.4 Å². The molecule has 0 bridgehead atoms. The Morgan fingerprint density at radius 1 is 1.45 bits per heavy atom. The lowest BCUT2D eigenvalue weighted by Crippen LogP contribution is -2.15. The molecule has 1 N–H and O–H groups in total. The summed E-state index contributed by atoms with van der Waals surface area (Å²) < 4.78 is 0.790. The van der Waals surface area contributed by atoms with E-state index < -0.39 is 0 Å². The Kier molecular flexibility index (Phi) is 5.74. The summed E-state index contributed by atoms with van der Waals surface area (Å²) >= 11 is 2.90. The van der Waals surface area contributed by atoms with Gasteiger partial charge in [0.25, 0.3) is 0 Å². The van der Waals surface area contributed by atoms with Crippen LogP contribution in [0, 0.1) is 13.8 Å². The normalized spacial score (nSPS) is 12.0. The van der Waals surface area contributed by atoms with Crippen LogP contribution in [0.4, 0.5) is 5.13 Å². The molecular formula is C16H19N3OS2. The molecule has 1 heterocycles. The van der Waals surface area contributed by atoms with E-state index in [2.05, 4.69) is 22.1 Å². The molecule has 0 spiro atoms. The number of nitrogens with zero attached hydrogens (tertiary/aromatic N) is 2. The van der Waals surface area contributed by atoms with Crippen LogP contribution in [-0.4, -0.2) is 27.8 Å². The zero-order valence-electron chi connectivity index (χ0n) is 12.9. The third-order valence-electron chi connectivity index (χ3n) is 3.11. The first kappa shape index (κ1) is 16.7. The number of Topliss-reactive ketones (excluding diaryl/α,β-unsaturated/α-hetero) is 1. The van der Waals surface area contributed by atoms with Gasteiger partial charge >= 0.3 is 0 Å². The average molecular weight is 333 g/mol. The molecule has 0 saturated carbocycles. The van der Waals surface area contributed by atoms with Crippen LogP contribution in [0.3, 0.4) is 0 Å². The van der Waals surface area contributed by atoms with E-state index in [9.17, 15) is 4.79 Å². The highest BCUT2D eigenvalue weighted by molar-refractivity contribution is 8.02. The number of ketones is 1. The summed E-state index contributed by atoms with van der Waals surface area (Å²) in [5.74, 6) is 0.127. The van der Waals surface area contributed by atoms with Crippen molar-refractivity contribution < 1.29 is 4.79 Å². The molecule has 0 radical (unpaired) electrons. The fourth-order valence-electron chi connectivity index (χ4n) is 1.91. The minimum atomic E-state index is -0.194. The molecule has 22 heavy (non-hydrogen) atoms. The van der Waals surface area contributed by atoms with Crippen LogP contribution in [0.2, 0.25) is 0 Å². The van der Waals surface area contributed by atoms with Crippen molar-refractivity contribution in [2.45, 2.75) is 30.4 Å². The van der Waals surface area contributed by atoms with Crippen LogP contribution < -0.4 is 5.32 Å². The summed E-state index contributed by atoms with van der Waals surface area (Å²) in [7, 11) is 0. The summed E-state index contributed by atoms with van der Waals surface area (Å²) in [6, 6.07) is 5.96. The quantitative estimate of drug-likeness (QED) is 0.469. The molecule has 1 aromatic carbocycles. The molecule has 1 aromatic heterocycles. The smallest absolute Gasteiger partial charge is 0.206 e. The molecular weight excluding hydrogens is 314 g/mol. The van der Waals surface area contributed by atoms with E-state index in [-0.39, 0.29) is 11.0 Å². The van der Waals surface area contributed by atoms with Gasteiger partial charge in [-0.15, -0.1) is 16.8 Å². The summed E-state index contributed by atoms with van der Waals surface area (Å²) in [5.41, 5.74) is 2.89. The SMILES string of the molecule is C=CCNc1nnc(S[C@@H](C)C(=O)c2cc(C)ccc2C)s1. The van der Waals surface area contributed by atoms with Crippen LogP contribution in [0.25, 0.3) is 0 Å². The van der Waals surface area contributed by atoms with E-state index in [0.717, 1.165) is 26.2 Å². The maximum atomic E-state index is 12.6. The molecule has 0 unspecified atom stereocenters. The van der Waals surface area contributed by atoms with Gasteiger partial charge in [0, 0.05) is 12.1 Å². The number of carbonyl (C=O) groups is 1. The number of anilines is 1. The van der Waals surface area contributed by atoms with Crippen molar-refractivity contribution in [2.24, 2.45) is 0 Å². The van der Waals surface area contributed by atoms with Gasteiger partial charge in [0.1, 0.15) is 0 Å². The van der Waals surface area contributed by atoms with Crippen molar-refractivity contribution in [1.82, 2.24) is 10.2 Å². The number of thioether (sulfide) groups is 1. The maximum absolute atomic E-state index is 12.6. The standard InChI is InChI=1S/C16H19N3OS2/c1-5-8-17-15-18-19-16(22-15)21-12(4)14(20)13-9-10(2)6-7-11(13)3/h5-7,9,12H,1,8H2,2-4H3,(H,17,18)/t12-/m0/s1. The van der Waals surface area contributed by atoms with Gasteiger partial charge in [0.2, 0.25) is 5.13 Å². The number of nitrogens with one attached hydrogen (secondary N) is 1. The summed E-state index contributed by atoms with van der Waals surface area (Å²) in [6.07, 6.45) is 1.76. The highest BCUT2D eigenvalue weighted by atomic mass is 32.2. The highest BCUT2D eigenvalue weighted by Crippen LogP contribution is 2.30. The second-order valence-electron chi connectivity index (χ2n) is 4.99. The topological polar surface area (TPSA) is 54.9 Å². The fraction of sp³-hybridized carbons (Fsp3) is 0.312. The molecule has 0 aliphatic heterocycles. The second-order valence-corrected chi connectivity index (χ2v) is 7.55. The Balaban J connectivity index is 2.06. The van der Waals surface area contributed by atoms with Gasteiger partial charge in [0.15, 0.2) is 10.1 Å². The Morgan fingerprint density at radius 3 is 2.95 bits per heavy atom. The molecule has 0 aliphatic carbocycles. The first-order valence-corrected chi connectivity index (χ1v) is 8.67. The van der Waals surface area contributed by atoms with E-state index >= 15 is 0 Å². The van der Waals surface area contributed by atoms with E-state index in [4.69, 9.17) is 0 Å². The number of aromatic nitrogens is 2. The van der Waals surface area contributed by atoms with Crippen molar-refractivity contribution in [2.75, 3.05) is 11.9 Å². The molecule has 4 nitrogen and oxygen atoms in total. The monoisotopic (exact) mass is 333 g/mol. The molecule has 0 fully saturated rings. The predicted octanol–water partition coefficient (Wildman–Crippen LogP) is 4.12. The van der Waals surface area contributed by atoms with Crippen LogP contribution in [0.5, 0.6) is 0 Å². The number of aryl methyl sites for hydroxylation is 2. The minimum Gasteiger partial charge on any atom is -0.357 e. The fourth-order valence-corrected chi connectivity index (χ4v) is 3.88. The van der Waals surface area contributed by atoms with E-state index in [1.165, 1.54) is 23.1 Å². The van der Waals surface area contributed by atoms with Crippen LogP contribution in [0.1, 0.15) is 28.4 Å². The Hall–Kier alpha value is -1.66. The van der Waals surface area contributed by atoms with Crippen LogP contribution >= 0.6 is 23.1 Å². The largest absolute Gasteiger partial charge is 0.357 e. The first-order chi connectivity index (χ1) is 10.5. The van der Waals surface area contributed by atoms with Crippen LogP contribution in [0.15, 0.2) is 35.2 Å². The summed E-state index contributed by atoms with van der Waals surface area (Å²) in [4.78, 5) is 12.6. The Bertz CT molecular complexity index is 682. The minimum absolute atomic E-state index is 0.127. The lowest BCUT2D eigenvalue weighted by molar-refractivity contribution is 0.0993. The third-order valence-corrected chi connectivity index (χ3v) is 5.17. The number of hydrogen-bond acceptors (Lipinski definition) is 6. The summed E-state index contributed by atoms with van der Waals surface area (Å²) in [6.45, 7) is 10.2. The third kappa shape index (κ3) is 4.18. The van der Waals surface area contributed by atoms with Crippen molar-refractivity contribution >= 4 is 34.0 Å². The second kappa shape index (κ2) is 7.56. The molecule has 6 heteroatoms.